The number of carbonyl (C=O) groups is 2. The molecular formula is C41H59NO13. The molecule has 3 saturated heterocycles. The Morgan fingerprint density at radius 1 is 0.945 bits per heavy atom. The van der Waals surface area contributed by atoms with Gasteiger partial charge in [-0.1, -0.05) is 27.7 Å². The molecule has 3 aliphatic heterocycles. The first-order chi connectivity index (χ1) is 25.8. The largest absolute Gasteiger partial charge is 0.493 e. The standard InChI is InChI=1S/C41H59NO13/c1-8-20(3)35(46)54-34-29(43)28-22(18-42-17-19(2)9-12-26(42)38(28,5)48)23-16-39-33(40(23,34)49)31(45)30(44)32-37(39,4)14-13-27(41(32,50)55-39)53-36(47)21-10-11-24(51-6)25(15-21)52-7/h10-11,15,19-20,22-23,26-34,43-45,48-50H,8-9,12-14,16-18H2,1-7H3. The number of aliphatic hydroxyl groups is 6. The van der Waals surface area contributed by atoms with E-state index in [4.69, 9.17) is 23.7 Å². The lowest BCUT2D eigenvalue weighted by Crippen LogP contribution is -2.78. The third-order valence-corrected chi connectivity index (χ3v) is 15.9. The van der Waals surface area contributed by atoms with Gasteiger partial charge in [0.25, 0.3) is 0 Å². The van der Waals surface area contributed by atoms with Gasteiger partial charge < -0.3 is 54.3 Å². The summed E-state index contributed by atoms with van der Waals surface area (Å²) in [5, 5.41) is 75.5. The van der Waals surface area contributed by atoms with Crippen molar-refractivity contribution in [2.75, 3.05) is 27.3 Å². The van der Waals surface area contributed by atoms with Crippen LogP contribution < -0.4 is 9.47 Å². The first-order valence-electron chi connectivity index (χ1n) is 20.1. The summed E-state index contributed by atoms with van der Waals surface area (Å²) in [6.07, 6.45) is -5.19. The molecule has 0 amide bonds. The van der Waals surface area contributed by atoms with E-state index in [-0.39, 0.29) is 30.9 Å². The quantitative estimate of drug-likeness (QED) is 0.218. The Labute approximate surface area is 322 Å². The van der Waals surface area contributed by atoms with Crippen LogP contribution in [0.3, 0.4) is 0 Å². The molecule has 14 nitrogen and oxygen atoms in total. The van der Waals surface area contributed by atoms with E-state index in [1.165, 1.54) is 26.4 Å². The van der Waals surface area contributed by atoms with Gasteiger partial charge in [-0.3, -0.25) is 9.69 Å². The average molecular weight is 774 g/mol. The highest BCUT2D eigenvalue weighted by Gasteiger charge is 2.89. The van der Waals surface area contributed by atoms with E-state index in [1.807, 2.05) is 13.8 Å². The van der Waals surface area contributed by atoms with Crippen LogP contribution in [0.4, 0.5) is 0 Å². The van der Waals surface area contributed by atoms with E-state index < -0.39 is 106 Å². The number of hydrogen-bond acceptors (Lipinski definition) is 14. The zero-order valence-electron chi connectivity index (χ0n) is 32.9. The van der Waals surface area contributed by atoms with Gasteiger partial charge in [-0.2, -0.15) is 0 Å². The Morgan fingerprint density at radius 3 is 2.31 bits per heavy atom. The summed E-state index contributed by atoms with van der Waals surface area (Å²) in [4.78, 5) is 29.6. The summed E-state index contributed by atoms with van der Waals surface area (Å²) in [5.41, 5.74) is -6.05. The molecule has 7 fully saturated rings. The summed E-state index contributed by atoms with van der Waals surface area (Å²) in [6, 6.07) is 4.27. The fourth-order valence-electron chi connectivity index (χ4n) is 13.3. The second-order valence-electron chi connectivity index (χ2n) is 18.5. The van der Waals surface area contributed by atoms with E-state index in [1.54, 1.807) is 19.9 Å². The number of aliphatic hydroxyl groups excluding tert-OH is 3. The number of methoxy groups -OCH3 is 2. The van der Waals surface area contributed by atoms with E-state index in [0.29, 0.717) is 36.8 Å². The van der Waals surface area contributed by atoms with Crippen LogP contribution in [0.5, 0.6) is 11.5 Å². The van der Waals surface area contributed by atoms with E-state index in [9.17, 15) is 40.2 Å². The number of ether oxygens (including phenoxy) is 5. The summed E-state index contributed by atoms with van der Waals surface area (Å²) >= 11 is 0. The molecule has 7 aliphatic rings. The van der Waals surface area contributed by atoms with E-state index >= 15 is 0 Å². The smallest absolute Gasteiger partial charge is 0.338 e. The minimum Gasteiger partial charge on any atom is -0.493 e. The van der Waals surface area contributed by atoms with Gasteiger partial charge in [0.05, 0.1) is 67.1 Å². The van der Waals surface area contributed by atoms with Crippen LogP contribution in [0.25, 0.3) is 0 Å². The highest BCUT2D eigenvalue weighted by molar-refractivity contribution is 5.90. The predicted octanol–water partition coefficient (Wildman–Crippen LogP) is 1.64. The lowest BCUT2D eigenvalue weighted by molar-refractivity contribution is -0.300. The first-order valence-corrected chi connectivity index (χ1v) is 20.1. The first kappa shape index (κ1) is 39.3. The van der Waals surface area contributed by atoms with Crippen molar-refractivity contribution in [1.29, 1.82) is 0 Å². The molecule has 8 rings (SSSR count). The van der Waals surface area contributed by atoms with Crippen molar-refractivity contribution in [2.45, 2.75) is 132 Å². The van der Waals surface area contributed by atoms with Crippen molar-refractivity contribution in [3.8, 4) is 11.5 Å². The molecule has 0 radical (unpaired) electrons. The molecule has 55 heavy (non-hydrogen) atoms. The van der Waals surface area contributed by atoms with E-state index in [0.717, 1.165) is 13.0 Å². The van der Waals surface area contributed by atoms with Crippen molar-refractivity contribution in [3.05, 3.63) is 23.8 Å². The number of nitrogens with zero attached hydrogens (tertiary/aromatic N) is 1. The maximum atomic E-state index is 13.7. The highest BCUT2D eigenvalue weighted by atomic mass is 16.7. The second kappa shape index (κ2) is 13.0. The van der Waals surface area contributed by atoms with Crippen LogP contribution in [-0.4, -0.2) is 134 Å². The number of piperidine rings is 2. The number of carbonyl (C=O) groups excluding carboxylic acids is 2. The van der Waals surface area contributed by atoms with Crippen molar-refractivity contribution in [3.63, 3.8) is 0 Å². The van der Waals surface area contributed by atoms with Crippen molar-refractivity contribution in [1.82, 2.24) is 4.90 Å². The molecule has 6 N–H and O–H groups in total. The number of hydrogen-bond donors (Lipinski definition) is 6. The van der Waals surface area contributed by atoms with Crippen LogP contribution in [0, 0.1) is 46.8 Å². The molecule has 1 aromatic carbocycles. The van der Waals surface area contributed by atoms with Crippen molar-refractivity contribution >= 4 is 11.9 Å². The van der Waals surface area contributed by atoms with Crippen molar-refractivity contribution in [2.24, 2.45) is 46.8 Å². The van der Waals surface area contributed by atoms with E-state index in [2.05, 4.69) is 11.8 Å². The Kier molecular flexibility index (Phi) is 9.26. The number of fused-ring (bicyclic) bond motifs is 5. The molecule has 0 aromatic heterocycles. The summed E-state index contributed by atoms with van der Waals surface area (Å²) in [7, 11) is 2.92. The molecule has 14 heteroatoms. The second-order valence-corrected chi connectivity index (χ2v) is 18.5. The fraction of sp³-hybridized carbons (Fsp3) is 0.805. The Hall–Kier alpha value is -2.56. The average Bonchev–Trinajstić information content (AvgIpc) is 3.46. The summed E-state index contributed by atoms with van der Waals surface area (Å²) < 4.78 is 29.8. The van der Waals surface area contributed by atoms with Gasteiger partial charge in [0.1, 0.15) is 5.60 Å². The molecule has 18 unspecified atom stereocenters. The zero-order chi connectivity index (χ0) is 39.8. The van der Waals surface area contributed by atoms with Gasteiger partial charge >= 0.3 is 11.9 Å². The lowest BCUT2D eigenvalue weighted by atomic mass is 9.48. The van der Waals surface area contributed by atoms with Crippen LogP contribution in [0.2, 0.25) is 0 Å². The normalized spacial score (nSPS) is 50.1. The number of esters is 2. The topological polar surface area (TPSA) is 205 Å². The summed E-state index contributed by atoms with van der Waals surface area (Å²) in [5.74, 6) is -7.84. The summed E-state index contributed by atoms with van der Waals surface area (Å²) in [6.45, 7) is 10.4. The molecule has 18 atom stereocenters. The third-order valence-electron chi connectivity index (χ3n) is 15.9. The minimum absolute atomic E-state index is 0.0685. The molecule has 4 saturated carbocycles. The number of rotatable bonds is 7. The molecule has 4 aliphatic carbocycles. The van der Waals surface area contributed by atoms with Crippen LogP contribution in [0.1, 0.15) is 83.5 Å². The predicted molar refractivity (Wildman–Crippen MR) is 194 cm³/mol. The molecule has 1 spiro atoms. The molecule has 3 heterocycles. The third kappa shape index (κ3) is 5.07. The van der Waals surface area contributed by atoms with Crippen LogP contribution >= 0.6 is 0 Å². The van der Waals surface area contributed by atoms with Crippen molar-refractivity contribution < 1.29 is 63.9 Å². The number of benzene rings is 1. The Morgan fingerprint density at radius 2 is 1.64 bits per heavy atom. The molecular weight excluding hydrogens is 714 g/mol. The molecule has 4 bridgehead atoms. The van der Waals surface area contributed by atoms with Gasteiger partial charge in [0.2, 0.25) is 5.79 Å². The lowest BCUT2D eigenvalue weighted by Gasteiger charge is -2.64. The van der Waals surface area contributed by atoms with Gasteiger partial charge in [-0.05, 0) is 81.4 Å². The Balaban J connectivity index is 1.22. The van der Waals surface area contributed by atoms with Gasteiger partial charge in [0.15, 0.2) is 23.7 Å². The molecule has 306 valence electrons. The zero-order valence-corrected chi connectivity index (χ0v) is 32.9. The maximum absolute atomic E-state index is 13.7. The SMILES string of the molecule is CCC(C)C(=O)OC1C(O)C2C(CN3CC(C)CCC3C2(C)O)C2CC34OC5(O)C(OC(=O)c6ccc(OC)c(OC)c6)CCC3(C)C5C(O)C(O)C4C21O. The highest BCUT2D eigenvalue weighted by Crippen LogP contribution is 2.77. The monoisotopic (exact) mass is 773 g/mol. The molecule has 1 aromatic rings. The Bertz CT molecular complexity index is 1710. The maximum Gasteiger partial charge on any atom is 0.338 e. The van der Waals surface area contributed by atoms with Gasteiger partial charge in [-0.25, -0.2) is 4.79 Å². The van der Waals surface area contributed by atoms with Gasteiger partial charge in [-0.15, -0.1) is 0 Å². The van der Waals surface area contributed by atoms with Crippen LogP contribution in [-0.2, 0) is 19.0 Å². The van der Waals surface area contributed by atoms with Crippen LogP contribution in [0.15, 0.2) is 18.2 Å². The minimum atomic E-state index is -2.29. The van der Waals surface area contributed by atoms with Gasteiger partial charge in [0, 0.05) is 30.5 Å². The fourth-order valence-corrected chi connectivity index (χ4v) is 13.3.